The highest BCUT2D eigenvalue weighted by atomic mass is 16.5. The number of ether oxygens (including phenoxy) is 1. The van der Waals surface area contributed by atoms with Gasteiger partial charge in [0.25, 0.3) is 0 Å². The van der Waals surface area contributed by atoms with Crippen molar-refractivity contribution in [2.24, 2.45) is 0 Å². The lowest BCUT2D eigenvalue weighted by atomic mass is 10.2. The van der Waals surface area contributed by atoms with E-state index in [0.29, 0.717) is 0 Å². The minimum atomic E-state index is -0.871. The third-order valence-corrected chi connectivity index (χ3v) is 3.65. The van der Waals surface area contributed by atoms with Gasteiger partial charge in [-0.15, -0.1) is 0 Å². The van der Waals surface area contributed by atoms with Crippen LogP contribution in [-0.2, 0) is 4.79 Å². The third-order valence-electron chi connectivity index (χ3n) is 3.65. The van der Waals surface area contributed by atoms with Gasteiger partial charge in [0.2, 0.25) is 0 Å². The summed E-state index contributed by atoms with van der Waals surface area (Å²) in [5.41, 5.74) is 2.09. The lowest BCUT2D eigenvalue weighted by molar-refractivity contribution is -0.131. The van der Waals surface area contributed by atoms with Crippen LogP contribution >= 0.6 is 0 Å². The van der Waals surface area contributed by atoms with E-state index in [2.05, 4.69) is 21.9 Å². The maximum absolute atomic E-state index is 10.6. The molecule has 0 saturated carbocycles. The van der Waals surface area contributed by atoms with E-state index in [1.165, 1.54) is 11.8 Å². The number of aliphatic carboxylic acids is 1. The van der Waals surface area contributed by atoms with Crippen LogP contribution in [-0.4, -0.2) is 55.8 Å². The van der Waals surface area contributed by atoms with Crippen LogP contribution in [0, 0.1) is 0 Å². The van der Waals surface area contributed by atoms with E-state index in [0.717, 1.165) is 44.0 Å². The van der Waals surface area contributed by atoms with Gasteiger partial charge < -0.3 is 14.7 Å². The molecule has 1 aromatic rings. The average molecular weight is 290 g/mol. The Kier molecular flexibility index (Phi) is 5.22. The Bertz CT molecular complexity index is 503. The van der Waals surface area contributed by atoms with Gasteiger partial charge in [0.1, 0.15) is 5.75 Å². The fourth-order valence-electron chi connectivity index (χ4n) is 2.57. The molecule has 0 amide bonds. The highest BCUT2D eigenvalue weighted by Gasteiger charge is 2.17. The molecule has 1 N–H and O–H groups in total. The molecule has 0 bridgehead atoms. The zero-order valence-electron chi connectivity index (χ0n) is 12.6. The van der Waals surface area contributed by atoms with E-state index in [1.54, 1.807) is 7.11 Å². The van der Waals surface area contributed by atoms with E-state index in [-0.39, 0.29) is 0 Å². The molecule has 5 nitrogen and oxygen atoms in total. The second-order valence-corrected chi connectivity index (χ2v) is 5.29. The van der Waals surface area contributed by atoms with Crippen LogP contribution < -0.4 is 9.64 Å². The van der Waals surface area contributed by atoms with Gasteiger partial charge in [0.15, 0.2) is 0 Å². The summed E-state index contributed by atoms with van der Waals surface area (Å²) in [5, 5.41) is 8.73. The maximum Gasteiger partial charge on any atom is 0.328 e. The summed E-state index contributed by atoms with van der Waals surface area (Å²) >= 11 is 0. The van der Waals surface area contributed by atoms with Gasteiger partial charge >= 0.3 is 5.97 Å². The Morgan fingerprint density at radius 3 is 2.38 bits per heavy atom. The molecule has 0 radical (unpaired) electrons. The van der Waals surface area contributed by atoms with E-state index in [9.17, 15) is 4.79 Å². The molecular formula is C16H22N2O3. The fraction of sp³-hybridized carbons (Fsp3) is 0.438. The number of piperazine rings is 1. The molecule has 1 aromatic carbocycles. The van der Waals surface area contributed by atoms with Crippen molar-refractivity contribution in [2.45, 2.75) is 6.92 Å². The number of hydrogen-bond donors (Lipinski definition) is 1. The van der Waals surface area contributed by atoms with Crippen LogP contribution in [0.3, 0.4) is 0 Å². The molecule has 1 saturated heterocycles. The minimum Gasteiger partial charge on any atom is -0.497 e. The minimum absolute atomic E-state index is 0.725. The predicted octanol–water partition coefficient (Wildman–Crippen LogP) is 1.85. The second-order valence-electron chi connectivity index (χ2n) is 5.29. The van der Waals surface area contributed by atoms with E-state index < -0.39 is 5.97 Å². The summed E-state index contributed by atoms with van der Waals surface area (Å²) in [6.45, 7) is 6.37. The SMILES string of the molecule is COc1ccc(N2CCN(CC(C)=CC(=O)O)CC2)cc1. The third kappa shape index (κ3) is 4.49. The molecule has 0 spiro atoms. The number of carboxylic acids is 1. The van der Waals surface area contributed by atoms with Gasteiger partial charge in [-0.05, 0) is 31.2 Å². The smallest absolute Gasteiger partial charge is 0.328 e. The predicted molar refractivity (Wildman–Crippen MR) is 83.0 cm³/mol. The first-order chi connectivity index (χ1) is 10.1. The van der Waals surface area contributed by atoms with Crippen LogP contribution in [0.5, 0.6) is 5.75 Å². The lowest BCUT2D eigenvalue weighted by Crippen LogP contribution is -2.46. The van der Waals surface area contributed by atoms with E-state index >= 15 is 0 Å². The maximum atomic E-state index is 10.6. The Balaban J connectivity index is 1.86. The van der Waals surface area contributed by atoms with Gasteiger partial charge in [-0.2, -0.15) is 0 Å². The van der Waals surface area contributed by atoms with Gasteiger partial charge in [0.05, 0.1) is 7.11 Å². The second kappa shape index (κ2) is 7.13. The largest absolute Gasteiger partial charge is 0.497 e. The zero-order valence-corrected chi connectivity index (χ0v) is 12.6. The number of carboxylic acid groups (broad SMARTS) is 1. The Morgan fingerprint density at radius 2 is 1.86 bits per heavy atom. The molecule has 21 heavy (non-hydrogen) atoms. The van der Waals surface area contributed by atoms with Crippen LogP contribution in [0.25, 0.3) is 0 Å². The molecule has 1 heterocycles. The first-order valence-electron chi connectivity index (χ1n) is 7.10. The molecule has 0 aromatic heterocycles. The normalized spacial score (nSPS) is 16.9. The number of rotatable bonds is 5. The number of benzene rings is 1. The molecule has 0 atom stereocenters. The number of methoxy groups -OCH3 is 1. The number of hydrogen-bond acceptors (Lipinski definition) is 4. The summed E-state index contributed by atoms with van der Waals surface area (Å²) in [7, 11) is 1.67. The highest BCUT2D eigenvalue weighted by Crippen LogP contribution is 2.20. The molecule has 0 aliphatic carbocycles. The van der Waals surface area contributed by atoms with Gasteiger partial charge in [-0.3, -0.25) is 4.90 Å². The molecule has 1 fully saturated rings. The first-order valence-corrected chi connectivity index (χ1v) is 7.10. The van der Waals surface area contributed by atoms with Crippen molar-refractivity contribution in [1.82, 2.24) is 4.90 Å². The molecule has 0 unspecified atom stereocenters. The number of carbonyl (C=O) groups is 1. The van der Waals surface area contributed by atoms with Crippen molar-refractivity contribution in [1.29, 1.82) is 0 Å². The lowest BCUT2D eigenvalue weighted by Gasteiger charge is -2.36. The monoisotopic (exact) mass is 290 g/mol. The van der Waals surface area contributed by atoms with Crippen molar-refractivity contribution in [3.63, 3.8) is 0 Å². The van der Waals surface area contributed by atoms with Crippen molar-refractivity contribution >= 4 is 11.7 Å². The molecule has 1 aliphatic rings. The summed E-state index contributed by atoms with van der Waals surface area (Å²) in [4.78, 5) is 15.3. The molecule has 5 heteroatoms. The Morgan fingerprint density at radius 1 is 1.24 bits per heavy atom. The standard InChI is InChI=1S/C16H22N2O3/c1-13(11-16(19)20)12-17-7-9-18(10-8-17)14-3-5-15(21-2)6-4-14/h3-6,11H,7-10,12H2,1-2H3,(H,19,20). The number of anilines is 1. The van der Waals surface area contributed by atoms with Crippen molar-refractivity contribution < 1.29 is 14.6 Å². The van der Waals surface area contributed by atoms with Gasteiger partial charge in [-0.1, -0.05) is 5.57 Å². The quantitative estimate of drug-likeness (QED) is 0.839. The summed E-state index contributed by atoms with van der Waals surface area (Å²) < 4.78 is 5.17. The summed E-state index contributed by atoms with van der Waals surface area (Å²) in [5.74, 6) is -0.00353. The van der Waals surface area contributed by atoms with Crippen molar-refractivity contribution in [2.75, 3.05) is 44.7 Å². The Hall–Kier alpha value is -2.01. The fourth-order valence-corrected chi connectivity index (χ4v) is 2.57. The van der Waals surface area contributed by atoms with Crippen LogP contribution in [0.2, 0.25) is 0 Å². The van der Waals surface area contributed by atoms with Gasteiger partial charge in [0, 0.05) is 44.5 Å². The summed E-state index contributed by atoms with van der Waals surface area (Å²) in [6, 6.07) is 8.09. The molecule has 2 rings (SSSR count). The topological polar surface area (TPSA) is 53.0 Å². The van der Waals surface area contributed by atoms with E-state index in [4.69, 9.17) is 9.84 Å². The molecular weight excluding hydrogens is 268 g/mol. The molecule has 114 valence electrons. The van der Waals surface area contributed by atoms with Gasteiger partial charge in [-0.25, -0.2) is 4.79 Å². The first kappa shape index (κ1) is 15.4. The van der Waals surface area contributed by atoms with Crippen LogP contribution in [0.4, 0.5) is 5.69 Å². The number of nitrogens with zero attached hydrogens (tertiary/aromatic N) is 2. The van der Waals surface area contributed by atoms with Crippen molar-refractivity contribution in [3.05, 3.63) is 35.9 Å². The Labute approximate surface area is 125 Å². The van der Waals surface area contributed by atoms with Crippen molar-refractivity contribution in [3.8, 4) is 5.75 Å². The molecule has 1 aliphatic heterocycles. The van der Waals surface area contributed by atoms with E-state index in [1.807, 2.05) is 19.1 Å². The average Bonchev–Trinajstić information content (AvgIpc) is 2.47. The van der Waals surface area contributed by atoms with Crippen LogP contribution in [0.1, 0.15) is 6.92 Å². The van der Waals surface area contributed by atoms with Crippen LogP contribution in [0.15, 0.2) is 35.9 Å². The zero-order chi connectivity index (χ0) is 15.2. The highest BCUT2D eigenvalue weighted by molar-refractivity contribution is 5.80. The summed E-state index contributed by atoms with van der Waals surface area (Å²) in [6.07, 6.45) is 1.29.